The van der Waals surface area contributed by atoms with E-state index in [1.807, 2.05) is 0 Å². The van der Waals surface area contributed by atoms with Gasteiger partial charge in [-0.25, -0.2) is 0 Å². The molecule has 1 aromatic rings. The van der Waals surface area contributed by atoms with Crippen LogP contribution < -0.4 is 10.9 Å². The molecule has 0 aromatic heterocycles. The summed E-state index contributed by atoms with van der Waals surface area (Å²) >= 11 is 0. The van der Waals surface area contributed by atoms with Crippen LogP contribution in [-0.4, -0.2) is 27.8 Å². The third kappa shape index (κ3) is 3.12. The Labute approximate surface area is 148 Å². The first-order valence-corrected chi connectivity index (χ1v) is 8.37. The first kappa shape index (κ1) is 17.8. The van der Waals surface area contributed by atoms with Crippen LogP contribution in [0.3, 0.4) is 0 Å². The Morgan fingerprint density at radius 1 is 1.15 bits per heavy atom. The lowest BCUT2D eigenvalue weighted by Crippen LogP contribution is -2.48. The number of fused-ring (bicyclic) bond motifs is 2. The molecule has 2 saturated carbocycles. The standard InChI is InChI=1S/C17H19N3O6/c1-8-6-11(4-5-12(8)20(25)26)15(21)18-19-16(22)13-9-2-3-10(7-9)14(13)17(23)24/h4-6,9-10,13-14H,2-3,7H2,1H3,(H,18,21)(H,19,22)(H,23,24)/t9-,10+,13-,14+/m1/s1. The Bertz CT molecular complexity index is 793. The van der Waals surface area contributed by atoms with E-state index in [2.05, 4.69) is 10.9 Å². The lowest BCUT2D eigenvalue weighted by Gasteiger charge is -2.26. The van der Waals surface area contributed by atoms with Crippen molar-refractivity contribution in [3.8, 4) is 0 Å². The minimum Gasteiger partial charge on any atom is -0.481 e. The highest BCUT2D eigenvalue weighted by Gasteiger charge is 2.54. The lowest BCUT2D eigenvalue weighted by molar-refractivity contribution is -0.385. The molecule has 3 N–H and O–H groups in total. The summed E-state index contributed by atoms with van der Waals surface area (Å²) in [6.45, 7) is 1.51. The molecule has 4 atom stereocenters. The number of hydrazine groups is 1. The monoisotopic (exact) mass is 361 g/mol. The van der Waals surface area contributed by atoms with Gasteiger partial charge in [0.25, 0.3) is 11.6 Å². The third-order valence-electron chi connectivity index (χ3n) is 5.46. The Hall–Kier alpha value is -2.97. The number of nitro benzene ring substituents is 1. The molecule has 3 rings (SSSR count). The van der Waals surface area contributed by atoms with Crippen LogP contribution in [0.2, 0.25) is 0 Å². The fourth-order valence-electron chi connectivity index (χ4n) is 4.30. The van der Waals surface area contributed by atoms with Gasteiger partial charge in [-0.1, -0.05) is 0 Å². The number of rotatable bonds is 4. The van der Waals surface area contributed by atoms with E-state index in [0.29, 0.717) is 5.56 Å². The summed E-state index contributed by atoms with van der Waals surface area (Å²) in [6.07, 6.45) is 2.37. The molecule has 9 nitrogen and oxygen atoms in total. The molecule has 0 saturated heterocycles. The van der Waals surface area contributed by atoms with Gasteiger partial charge in [0.15, 0.2) is 0 Å². The fourth-order valence-corrected chi connectivity index (χ4v) is 4.30. The topological polar surface area (TPSA) is 139 Å². The third-order valence-corrected chi connectivity index (χ3v) is 5.46. The maximum Gasteiger partial charge on any atom is 0.307 e. The molecule has 2 fully saturated rings. The molecule has 138 valence electrons. The molecule has 2 amide bonds. The molecule has 2 bridgehead atoms. The Morgan fingerprint density at radius 3 is 2.38 bits per heavy atom. The van der Waals surface area contributed by atoms with Crippen molar-refractivity contribution >= 4 is 23.5 Å². The summed E-state index contributed by atoms with van der Waals surface area (Å²) in [5.41, 5.74) is 4.97. The van der Waals surface area contributed by atoms with E-state index in [0.717, 1.165) is 19.3 Å². The summed E-state index contributed by atoms with van der Waals surface area (Å²) in [6, 6.07) is 3.88. The SMILES string of the molecule is Cc1cc(C(=O)NNC(=O)[C@@H]2[C@@H]3CC[C@@H](C3)[C@@H]2C(=O)O)ccc1[N+](=O)[O-]. The van der Waals surface area contributed by atoms with Crippen molar-refractivity contribution < 1.29 is 24.4 Å². The first-order chi connectivity index (χ1) is 12.3. The number of carbonyl (C=O) groups is 3. The van der Waals surface area contributed by atoms with Crippen molar-refractivity contribution in [3.05, 3.63) is 39.4 Å². The van der Waals surface area contributed by atoms with Crippen LogP contribution in [-0.2, 0) is 9.59 Å². The van der Waals surface area contributed by atoms with Gasteiger partial charge in [-0.15, -0.1) is 0 Å². The van der Waals surface area contributed by atoms with Gasteiger partial charge >= 0.3 is 5.97 Å². The largest absolute Gasteiger partial charge is 0.481 e. The van der Waals surface area contributed by atoms with Gasteiger partial charge < -0.3 is 5.11 Å². The molecular formula is C17H19N3O6. The van der Waals surface area contributed by atoms with Crippen LogP contribution in [0.15, 0.2) is 18.2 Å². The smallest absolute Gasteiger partial charge is 0.307 e. The number of carboxylic acids is 1. The average Bonchev–Trinajstić information content (AvgIpc) is 3.20. The first-order valence-electron chi connectivity index (χ1n) is 8.37. The second-order valence-electron chi connectivity index (χ2n) is 6.92. The molecule has 0 unspecified atom stereocenters. The highest BCUT2D eigenvalue weighted by Crippen LogP contribution is 2.52. The van der Waals surface area contributed by atoms with Crippen molar-refractivity contribution in [2.24, 2.45) is 23.7 Å². The van der Waals surface area contributed by atoms with Crippen LogP contribution in [0.25, 0.3) is 0 Å². The number of aliphatic carboxylic acids is 1. The van der Waals surface area contributed by atoms with Crippen molar-refractivity contribution in [2.45, 2.75) is 26.2 Å². The predicted octanol–water partition coefficient (Wildman–Crippen LogP) is 1.41. The number of nitro groups is 1. The van der Waals surface area contributed by atoms with Crippen LogP contribution in [0, 0.1) is 40.7 Å². The summed E-state index contributed by atoms with van der Waals surface area (Å²) in [5, 5.41) is 20.2. The minimum atomic E-state index is -0.977. The molecule has 9 heteroatoms. The molecule has 2 aliphatic carbocycles. The quantitative estimate of drug-likeness (QED) is 0.547. The molecule has 2 aliphatic rings. The van der Waals surface area contributed by atoms with Gasteiger partial charge in [0.2, 0.25) is 5.91 Å². The van der Waals surface area contributed by atoms with Crippen molar-refractivity contribution in [1.29, 1.82) is 0 Å². The van der Waals surface area contributed by atoms with E-state index in [1.165, 1.54) is 25.1 Å². The zero-order chi connectivity index (χ0) is 19.0. The molecule has 26 heavy (non-hydrogen) atoms. The van der Waals surface area contributed by atoms with Crippen LogP contribution in [0.5, 0.6) is 0 Å². The second kappa shape index (κ2) is 6.74. The van der Waals surface area contributed by atoms with E-state index < -0.39 is 34.5 Å². The number of aryl methyl sites for hydroxylation is 1. The van der Waals surface area contributed by atoms with Gasteiger partial charge in [0.1, 0.15) is 0 Å². The highest BCUT2D eigenvalue weighted by atomic mass is 16.6. The summed E-state index contributed by atoms with van der Waals surface area (Å²) in [5.74, 6) is -3.42. The lowest BCUT2D eigenvalue weighted by atomic mass is 9.79. The zero-order valence-corrected chi connectivity index (χ0v) is 14.1. The predicted molar refractivity (Wildman–Crippen MR) is 88.9 cm³/mol. The van der Waals surface area contributed by atoms with Crippen LogP contribution in [0.1, 0.15) is 35.2 Å². The van der Waals surface area contributed by atoms with Gasteiger partial charge in [0.05, 0.1) is 16.8 Å². The molecule has 1 aromatic carbocycles. The molecule has 0 heterocycles. The zero-order valence-electron chi connectivity index (χ0n) is 14.1. The van der Waals surface area contributed by atoms with Crippen LogP contribution >= 0.6 is 0 Å². The van der Waals surface area contributed by atoms with Crippen molar-refractivity contribution in [3.63, 3.8) is 0 Å². The maximum atomic E-state index is 12.4. The van der Waals surface area contributed by atoms with E-state index in [9.17, 15) is 29.6 Å². The fraction of sp³-hybridized carbons (Fsp3) is 0.471. The molecular weight excluding hydrogens is 342 g/mol. The Kier molecular flexibility index (Phi) is 4.62. The second-order valence-corrected chi connectivity index (χ2v) is 6.92. The highest BCUT2D eigenvalue weighted by molar-refractivity contribution is 5.96. The van der Waals surface area contributed by atoms with E-state index in [-0.39, 0.29) is 23.1 Å². The van der Waals surface area contributed by atoms with Gasteiger partial charge in [0, 0.05) is 17.2 Å². The summed E-state index contributed by atoms with van der Waals surface area (Å²) < 4.78 is 0. The number of amides is 2. The van der Waals surface area contributed by atoms with Crippen molar-refractivity contribution in [2.75, 3.05) is 0 Å². The summed E-state index contributed by atoms with van der Waals surface area (Å²) in [4.78, 5) is 46.3. The number of carbonyl (C=O) groups excluding carboxylic acids is 2. The van der Waals surface area contributed by atoms with Gasteiger partial charge in [-0.2, -0.15) is 0 Å². The van der Waals surface area contributed by atoms with E-state index in [1.54, 1.807) is 0 Å². The molecule has 0 aliphatic heterocycles. The van der Waals surface area contributed by atoms with E-state index in [4.69, 9.17) is 0 Å². The number of carboxylic acid groups (broad SMARTS) is 1. The Balaban J connectivity index is 1.64. The average molecular weight is 361 g/mol. The molecule has 0 radical (unpaired) electrons. The maximum absolute atomic E-state index is 12.4. The van der Waals surface area contributed by atoms with Crippen molar-refractivity contribution in [1.82, 2.24) is 10.9 Å². The molecule has 0 spiro atoms. The number of hydrogen-bond donors (Lipinski definition) is 3. The number of nitrogens with one attached hydrogen (secondary N) is 2. The van der Waals surface area contributed by atoms with Crippen LogP contribution in [0.4, 0.5) is 5.69 Å². The number of nitrogens with zero attached hydrogens (tertiary/aromatic N) is 1. The number of benzene rings is 1. The van der Waals surface area contributed by atoms with E-state index >= 15 is 0 Å². The number of hydrogen-bond acceptors (Lipinski definition) is 5. The minimum absolute atomic E-state index is 0.0151. The van der Waals surface area contributed by atoms with Gasteiger partial charge in [-0.3, -0.25) is 35.3 Å². The van der Waals surface area contributed by atoms with Gasteiger partial charge in [-0.05, 0) is 50.2 Å². The summed E-state index contributed by atoms with van der Waals surface area (Å²) in [7, 11) is 0. The Morgan fingerprint density at radius 2 is 1.81 bits per heavy atom. The normalized spacial score (nSPS) is 26.3.